The van der Waals surface area contributed by atoms with E-state index in [4.69, 9.17) is 11.6 Å². The predicted molar refractivity (Wildman–Crippen MR) is 74.8 cm³/mol. The number of nitrogens with zero attached hydrogens (tertiary/aromatic N) is 1. The number of rotatable bonds is 4. The normalized spacial score (nSPS) is 17.2. The second-order valence-electron chi connectivity index (χ2n) is 5.00. The van der Waals surface area contributed by atoms with Crippen LogP contribution in [-0.4, -0.2) is 22.9 Å². The van der Waals surface area contributed by atoms with Crippen LogP contribution in [-0.2, 0) is 9.59 Å². The summed E-state index contributed by atoms with van der Waals surface area (Å²) in [6, 6.07) is 7.26. The average Bonchev–Trinajstić information content (AvgIpc) is 2.66. The van der Waals surface area contributed by atoms with Crippen LogP contribution in [0.1, 0.15) is 26.7 Å². The highest BCUT2D eigenvalue weighted by atomic mass is 35.5. The van der Waals surface area contributed by atoms with Gasteiger partial charge >= 0.3 is 0 Å². The van der Waals surface area contributed by atoms with Gasteiger partial charge in [0.15, 0.2) is 0 Å². The Balaban J connectivity index is 2.21. The van der Waals surface area contributed by atoms with Gasteiger partial charge in [-0.2, -0.15) is 0 Å². The molecule has 102 valence electrons. The molecule has 1 aromatic carbocycles. The molecular weight excluding hydrogens is 264 g/mol. The van der Waals surface area contributed by atoms with E-state index >= 15 is 0 Å². The number of likely N-dealkylation sites (tertiary alicyclic amines) is 1. The van der Waals surface area contributed by atoms with E-state index in [-0.39, 0.29) is 23.9 Å². The van der Waals surface area contributed by atoms with E-state index in [1.807, 2.05) is 26.0 Å². The third-order valence-corrected chi connectivity index (χ3v) is 3.37. The van der Waals surface area contributed by atoms with Crippen molar-refractivity contribution < 1.29 is 9.59 Å². The third kappa shape index (κ3) is 3.07. The number of nitrogens with one attached hydrogen (secondary N) is 1. The fraction of sp³-hybridized carbons (Fsp3) is 0.429. The monoisotopic (exact) mass is 280 g/mol. The van der Waals surface area contributed by atoms with E-state index in [9.17, 15) is 9.59 Å². The minimum atomic E-state index is -0.332. The number of amides is 2. The molecular formula is C14H17ClN2O2. The van der Waals surface area contributed by atoms with Gasteiger partial charge in [0.1, 0.15) is 6.17 Å². The molecule has 1 aliphatic heterocycles. The molecule has 1 aromatic rings. The minimum absolute atomic E-state index is 0.113. The lowest BCUT2D eigenvalue weighted by Crippen LogP contribution is -2.47. The average molecular weight is 281 g/mol. The van der Waals surface area contributed by atoms with Gasteiger partial charge in [0.05, 0.1) is 0 Å². The number of anilines is 1. The molecule has 1 fully saturated rings. The minimum Gasteiger partial charge on any atom is -0.364 e. The molecule has 0 aliphatic carbocycles. The number of hydrogen-bond donors (Lipinski definition) is 1. The van der Waals surface area contributed by atoms with Crippen molar-refractivity contribution >= 4 is 29.1 Å². The van der Waals surface area contributed by atoms with Gasteiger partial charge in [-0.05, 0) is 24.1 Å². The van der Waals surface area contributed by atoms with Crippen molar-refractivity contribution in [2.24, 2.45) is 5.92 Å². The quantitative estimate of drug-likeness (QED) is 0.863. The molecule has 1 heterocycles. The van der Waals surface area contributed by atoms with Gasteiger partial charge in [0.25, 0.3) is 0 Å². The van der Waals surface area contributed by atoms with Crippen LogP contribution in [0.5, 0.6) is 0 Å². The van der Waals surface area contributed by atoms with Crippen LogP contribution in [0.3, 0.4) is 0 Å². The molecule has 5 heteroatoms. The number of halogens is 1. The standard InChI is InChI=1S/C14H17ClN2O2/c1-9(2)14(17-12(18)6-7-13(17)19)16-11-5-3-4-10(15)8-11/h3-5,8-9,14,16H,6-7H2,1-2H3/t14-/m0/s1. The zero-order chi connectivity index (χ0) is 14.0. The van der Waals surface area contributed by atoms with Crippen LogP contribution in [0.2, 0.25) is 5.02 Å². The van der Waals surface area contributed by atoms with E-state index in [1.165, 1.54) is 4.90 Å². The Morgan fingerprint density at radius 3 is 2.37 bits per heavy atom. The van der Waals surface area contributed by atoms with E-state index in [0.717, 1.165) is 5.69 Å². The molecule has 1 saturated heterocycles. The molecule has 0 radical (unpaired) electrons. The van der Waals surface area contributed by atoms with Crippen LogP contribution < -0.4 is 5.32 Å². The molecule has 19 heavy (non-hydrogen) atoms. The van der Waals surface area contributed by atoms with Crippen molar-refractivity contribution in [3.63, 3.8) is 0 Å². The van der Waals surface area contributed by atoms with Crippen LogP contribution in [0.25, 0.3) is 0 Å². The summed E-state index contributed by atoms with van der Waals surface area (Å²) >= 11 is 5.94. The first-order valence-electron chi connectivity index (χ1n) is 6.36. The summed E-state index contributed by atoms with van der Waals surface area (Å²) in [6.07, 6.45) is 0.277. The number of hydrogen-bond acceptors (Lipinski definition) is 3. The topological polar surface area (TPSA) is 49.4 Å². The van der Waals surface area contributed by atoms with Gasteiger partial charge in [-0.25, -0.2) is 0 Å². The SMILES string of the molecule is CC(C)[C@@H](Nc1cccc(Cl)c1)N1C(=O)CCC1=O. The zero-order valence-electron chi connectivity index (χ0n) is 11.0. The van der Waals surface area contributed by atoms with Crippen LogP contribution in [0, 0.1) is 5.92 Å². The third-order valence-electron chi connectivity index (χ3n) is 3.14. The van der Waals surface area contributed by atoms with Gasteiger partial charge in [-0.1, -0.05) is 31.5 Å². The Bertz CT molecular complexity index is 486. The highest BCUT2D eigenvalue weighted by Gasteiger charge is 2.36. The lowest BCUT2D eigenvalue weighted by atomic mass is 10.1. The summed E-state index contributed by atoms with van der Waals surface area (Å²) in [4.78, 5) is 25.0. The highest BCUT2D eigenvalue weighted by Crippen LogP contribution is 2.23. The van der Waals surface area contributed by atoms with Gasteiger partial charge in [-0.3, -0.25) is 14.5 Å². The van der Waals surface area contributed by atoms with Crippen molar-refractivity contribution in [3.8, 4) is 0 Å². The summed E-state index contributed by atoms with van der Waals surface area (Å²) in [5.41, 5.74) is 0.804. The summed E-state index contributed by atoms with van der Waals surface area (Å²) in [7, 11) is 0. The Morgan fingerprint density at radius 1 is 1.21 bits per heavy atom. The highest BCUT2D eigenvalue weighted by molar-refractivity contribution is 6.30. The molecule has 2 rings (SSSR count). The maximum Gasteiger partial charge on any atom is 0.231 e. The number of carbonyl (C=O) groups excluding carboxylic acids is 2. The van der Waals surface area contributed by atoms with Crippen LogP contribution >= 0.6 is 11.6 Å². The van der Waals surface area contributed by atoms with E-state index < -0.39 is 0 Å². The zero-order valence-corrected chi connectivity index (χ0v) is 11.8. The Morgan fingerprint density at radius 2 is 1.84 bits per heavy atom. The maximum atomic E-state index is 11.8. The van der Waals surface area contributed by atoms with Crippen molar-refractivity contribution in [1.29, 1.82) is 0 Å². The molecule has 2 amide bonds. The van der Waals surface area contributed by atoms with Gasteiger partial charge in [0, 0.05) is 23.6 Å². The van der Waals surface area contributed by atoms with E-state index in [2.05, 4.69) is 5.32 Å². The largest absolute Gasteiger partial charge is 0.364 e. The Labute approximate surface area is 117 Å². The maximum absolute atomic E-state index is 11.8. The molecule has 1 aliphatic rings. The molecule has 0 aromatic heterocycles. The molecule has 1 N–H and O–H groups in total. The second-order valence-corrected chi connectivity index (χ2v) is 5.44. The first-order chi connectivity index (χ1) is 8.99. The summed E-state index contributed by atoms with van der Waals surface area (Å²) in [6.45, 7) is 3.95. The number of imide groups is 1. The van der Waals surface area contributed by atoms with Gasteiger partial charge in [-0.15, -0.1) is 0 Å². The Kier molecular flexibility index (Phi) is 4.10. The molecule has 1 atom stereocenters. The fourth-order valence-electron chi connectivity index (χ4n) is 2.18. The van der Waals surface area contributed by atoms with Crippen LogP contribution in [0.15, 0.2) is 24.3 Å². The van der Waals surface area contributed by atoms with Crippen molar-refractivity contribution in [1.82, 2.24) is 4.90 Å². The fourth-order valence-corrected chi connectivity index (χ4v) is 2.37. The summed E-state index contributed by atoms with van der Waals surface area (Å²) in [5, 5.41) is 3.84. The molecule has 0 saturated carbocycles. The van der Waals surface area contributed by atoms with Crippen molar-refractivity contribution in [2.75, 3.05) is 5.32 Å². The van der Waals surface area contributed by atoms with E-state index in [1.54, 1.807) is 12.1 Å². The molecule has 4 nitrogen and oxygen atoms in total. The summed E-state index contributed by atoms with van der Waals surface area (Å²) in [5.74, 6) is -0.110. The molecule has 0 spiro atoms. The lowest BCUT2D eigenvalue weighted by molar-refractivity contribution is -0.141. The summed E-state index contributed by atoms with van der Waals surface area (Å²) < 4.78 is 0. The number of benzene rings is 1. The molecule has 0 bridgehead atoms. The predicted octanol–water partition coefficient (Wildman–Crippen LogP) is 2.88. The van der Waals surface area contributed by atoms with Gasteiger partial charge < -0.3 is 5.32 Å². The van der Waals surface area contributed by atoms with Crippen molar-refractivity contribution in [2.45, 2.75) is 32.9 Å². The van der Waals surface area contributed by atoms with Gasteiger partial charge in [0.2, 0.25) is 11.8 Å². The first kappa shape index (κ1) is 13.9. The smallest absolute Gasteiger partial charge is 0.231 e. The number of carbonyl (C=O) groups is 2. The van der Waals surface area contributed by atoms with E-state index in [0.29, 0.717) is 17.9 Å². The van der Waals surface area contributed by atoms with Crippen LogP contribution in [0.4, 0.5) is 5.69 Å². The molecule has 0 unspecified atom stereocenters. The van der Waals surface area contributed by atoms with Crippen molar-refractivity contribution in [3.05, 3.63) is 29.3 Å². The second kappa shape index (κ2) is 5.61. The first-order valence-corrected chi connectivity index (χ1v) is 6.74. The Hall–Kier alpha value is -1.55. The lowest BCUT2D eigenvalue weighted by Gasteiger charge is -2.31.